The topological polar surface area (TPSA) is 385 Å². The van der Waals surface area contributed by atoms with Gasteiger partial charge in [-0.15, -0.1) is 0 Å². The van der Waals surface area contributed by atoms with Crippen LogP contribution in [0.2, 0.25) is 0 Å². The molecule has 0 amide bonds. The monoisotopic (exact) mass is 1660 g/mol. The van der Waals surface area contributed by atoms with E-state index in [1.54, 1.807) is 56.9 Å². The molecule has 120 heavy (non-hydrogen) atoms. The molecule has 0 spiro atoms. The van der Waals surface area contributed by atoms with Gasteiger partial charge in [-0.3, -0.25) is 19.2 Å². The molecule has 8 atom stereocenters. The lowest BCUT2D eigenvalue weighted by molar-refractivity contribution is 0.0487. The molecule has 0 saturated carbocycles. The molecular formula is C88H100N4O28. The van der Waals surface area contributed by atoms with Crippen LogP contribution in [0.25, 0.3) is 45.0 Å². The summed E-state index contributed by atoms with van der Waals surface area (Å²) < 4.78 is 96.9. The quantitative estimate of drug-likeness (QED) is 0.0331. The average Bonchev–Trinajstić information content (AvgIpc) is 0.750. The summed E-state index contributed by atoms with van der Waals surface area (Å²) in [6, 6.07) is 21.0. The van der Waals surface area contributed by atoms with E-state index in [0.717, 1.165) is 95.9 Å². The summed E-state index contributed by atoms with van der Waals surface area (Å²) in [6.45, 7) is 8.78. The lowest BCUT2D eigenvalue weighted by Crippen LogP contribution is -2.34. The van der Waals surface area contributed by atoms with Crippen molar-refractivity contribution in [1.82, 2.24) is 18.3 Å². The van der Waals surface area contributed by atoms with Gasteiger partial charge in [-0.05, 0) is 96.5 Å². The number of nitrogens with zero attached hydrogens (tertiary/aromatic N) is 4. The van der Waals surface area contributed by atoms with Crippen LogP contribution in [0.5, 0.6) is 46.0 Å². The molecule has 0 radical (unpaired) electrons. The fourth-order valence-corrected chi connectivity index (χ4v) is 17.3. The number of aromatic nitrogens is 4. The maximum Gasteiger partial charge on any atom is 0.341 e. The van der Waals surface area contributed by atoms with Crippen molar-refractivity contribution < 1.29 is 115 Å². The zero-order valence-electron chi connectivity index (χ0n) is 68.2. The van der Waals surface area contributed by atoms with Gasteiger partial charge in [-0.2, -0.15) is 0 Å². The van der Waals surface area contributed by atoms with Crippen LogP contribution >= 0.6 is 0 Å². The first-order valence-electron chi connectivity index (χ1n) is 39.8. The van der Waals surface area contributed by atoms with Gasteiger partial charge in [0.1, 0.15) is 22.3 Å². The van der Waals surface area contributed by atoms with Gasteiger partial charge in [0.25, 0.3) is 0 Å². The van der Waals surface area contributed by atoms with Gasteiger partial charge in [0, 0.05) is 226 Å². The van der Waals surface area contributed by atoms with Crippen LogP contribution in [0.15, 0.2) is 117 Å². The number of benzene rings is 4. The fraction of sp³-hybridized carbons (Fsp3) is 0.455. The highest BCUT2D eigenvalue weighted by Crippen LogP contribution is 2.54. The van der Waals surface area contributed by atoms with Crippen LogP contribution < -0.4 is 59.6 Å². The second-order valence-electron chi connectivity index (χ2n) is 29.9. The second kappa shape index (κ2) is 39.2. The van der Waals surface area contributed by atoms with E-state index in [1.165, 1.54) is 49.1 Å². The SMILES string of the molecule is COCCCOc1cc2c(cc1OC)-c1cc(=O)c(C(=O)O)cn1[C@@H]1CCOC[C@@H]21.COCCCOc1cc2c(cc1OC)-c1cc(=O)c(C(=O)O)cn1[C@@H]1CCOC[C@H]21.COCCCOc1cc2c(cc1OC)-c1cc(=O)c(C(=O)O)cn1[C@H]1CCOC[C@@H]21.COCCCOc1cc2c(cc1OC)-c1cc(=O)c(C(=O)O)cn1[C@H]1CCOC[C@H]21. The third-order valence-corrected chi connectivity index (χ3v) is 23.0. The normalized spacial score (nSPS) is 19.4. The minimum atomic E-state index is -1.22. The van der Waals surface area contributed by atoms with Crippen molar-refractivity contribution in [2.75, 3.05) is 163 Å². The van der Waals surface area contributed by atoms with E-state index in [-0.39, 0.29) is 70.1 Å². The fourth-order valence-electron chi connectivity index (χ4n) is 17.3. The molecule has 0 unspecified atom stereocenters. The van der Waals surface area contributed by atoms with Gasteiger partial charge >= 0.3 is 23.9 Å². The molecule has 640 valence electrons. The number of carboxylic acids is 4. The summed E-state index contributed by atoms with van der Waals surface area (Å²) in [5.74, 6) is -0.0111. The first-order chi connectivity index (χ1) is 58.2. The van der Waals surface area contributed by atoms with Crippen LogP contribution in [0.1, 0.15) is 163 Å². The number of carboxylic acid groups (broad SMARTS) is 4. The Hall–Kier alpha value is -11.4. The highest BCUT2D eigenvalue weighted by atomic mass is 16.5. The standard InChI is InChI=1S/4C22H25NO7/c4*1-27-5-3-6-30-21-8-13-14(9-20(21)28-2)18-10-19(24)15(22(25)26)11-23(18)17-4-7-29-12-16(13)17/h4*8-11,16-17H,3-7,12H2,1-2H3,(H,25,26)/t2*16-,17+;2*16-,17-/m1010/s1. The Morgan fingerprint density at radius 3 is 0.700 bits per heavy atom. The van der Waals surface area contributed by atoms with Crippen LogP contribution in [0.3, 0.4) is 0 Å². The van der Waals surface area contributed by atoms with Crippen molar-refractivity contribution in [3.8, 4) is 91.0 Å². The number of methoxy groups -OCH3 is 8. The number of carbonyl (C=O) groups is 4. The molecule has 0 aliphatic carbocycles. The Bertz CT molecular complexity index is 4710. The third-order valence-electron chi connectivity index (χ3n) is 23.0. The molecule has 8 aliphatic heterocycles. The molecule has 8 aromatic rings. The predicted molar refractivity (Wildman–Crippen MR) is 435 cm³/mol. The number of ether oxygens (including phenoxy) is 16. The number of rotatable bonds is 28. The van der Waals surface area contributed by atoms with Gasteiger partial charge in [0.05, 0.1) is 104 Å². The first-order valence-corrected chi connectivity index (χ1v) is 39.8. The third kappa shape index (κ3) is 18.1. The minimum absolute atomic E-state index is 0.00897. The smallest absolute Gasteiger partial charge is 0.341 e. The largest absolute Gasteiger partial charge is 0.493 e. The Kier molecular flexibility index (Phi) is 28.3. The van der Waals surface area contributed by atoms with Crippen LogP contribution in [0.4, 0.5) is 0 Å². The molecule has 32 nitrogen and oxygen atoms in total. The van der Waals surface area contributed by atoms with Crippen LogP contribution in [-0.4, -0.2) is 225 Å². The average molecular weight is 1660 g/mol. The van der Waals surface area contributed by atoms with E-state index >= 15 is 0 Å². The Labute approximate surface area is 690 Å². The molecule has 8 aliphatic rings. The number of aromatic carboxylic acids is 4. The van der Waals surface area contributed by atoms with Crippen LogP contribution in [-0.2, 0) is 37.9 Å². The number of hydrogen-bond acceptors (Lipinski definition) is 24. The molecule has 4 N–H and O–H groups in total. The van der Waals surface area contributed by atoms with Gasteiger partial charge in [-0.1, -0.05) is 0 Å². The maximum atomic E-state index is 12.4. The Morgan fingerprint density at radius 1 is 0.308 bits per heavy atom. The lowest BCUT2D eigenvalue weighted by Gasteiger charge is -2.40. The van der Waals surface area contributed by atoms with E-state index in [0.29, 0.717) is 174 Å². The predicted octanol–water partition coefficient (Wildman–Crippen LogP) is 10.8. The molecular weight excluding hydrogens is 1560 g/mol. The van der Waals surface area contributed by atoms with Gasteiger partial charge in [0.2, 0.25) is 0 Å². The molecule has 32 heteroatoms. The Morgan fingerprint density at radius 2 is 0.517 bits per heavy atom. The van der Waals surface area contributed by atoms with E-state index in [2.05, 4.69) is 0 Å². The zero-order valence-corrected chi connectivity index (χ0v) is 68.2. The van der Waals surface area contributed by atoms with Crippen molar-refractivity contribution >= 4 is 23.9 Å². The summed E-state index contributed by atoms with van der Waals surface area (Å²) in [6.07, 6.45) is 11.8. The molecule has 4 fully saturated rings. The van der Waals surface area contributed by atoms with E-state index in [1.807, 2.05) is 66.8 Å². The minimum Gasteiger partial charge on any atom is -0.493 e. The van der Waals surface area contributed by atoms with E-state index < -0.39 is 45.6 Å². The summed E-state index contributed by atoms with van der Waals surface area (Å²) in [7, 11) is 12.9. The molecule has 16 rings (SSSR count). The highest BCUT2D eigenvalue weighted by Gasteiger charge is 2.43. The van der Waals surface area contributed by atoms with Crippen molar-refractivity contribution in [3.05, 3.63) is 183 Å². The van der Waals surface area contributed by atoms with Gasteiger partial charge in [-0.25, -0.2) is 19.2 Å². The van der Waals surface area contributed by atoms with Crippen molar-refractivity contribution in [1.29, 1.82) is 0 Å². The van der Waals surface area contributed by atoms with Gasteiger partial charge in [0.15, 0.2) is 67.7 Å². The summed E-state index contributed by atoms with van der Waals surface area (Å²) >= 11 is 0. The molecule has 4 aromatic carbocycles. The number of fused-ring (bicyclic) bond motifs is 24. The Balaban J connectivity index is 0.000000138. The van der Waals surface area contributed by atoms with Crippen molar-refractivity contribution in [2.24, 2.45) is 0 Å². The zero-order chi connectivity index (χ0) is 85.0. The van der Waals surface area contributed by atoms with E-state index in [4.69, 9.17) is 75.8 Å². The highest BCUT2D eigenvalue weighted by molar-refractivity contribution is 5.90. The molecule has 4 aromatic heterocycles. The second-order valence-corrected chi connectivity index (χ2v) is 29.9. The summed E-state index contributed by atoms with van der Waals surface area (Å²) in [4.78, 5) is 95.8. The molecule has 12 heterocycles. The number of pyridine rings is 4. The summed E-state index contributed by atoms with van der Waals surface area (Å²) in [5.41, 5.74) is 7.21. The van der Waals surface area contributed by atoms with Crippen molar-refractivity contribution in [2.45, 2.75) is 99.2 Å². The maximum absolute atomic E-state index is 12.4. The first kappa shape index (κ1) is 86.5. The van der Waals surface area contributed by atoms with Gasteiger partial charge < -0.3 is 114 Å². The lowest BCUT2D eigenvalue weighted by atomic mass is 9.80. The number of hydrogen-bond donors (Lipinski definition) is 4. The molecule has 0 bridgehead atoms. The van der Waals surface area contributed by atoms with Crippen LogP contribution in [0, 0.1) is 0 Å². The summed E-state index contributed by atoms with van der Waals surface area (Å²) in [5, 5.41) is 37.7. The molecule has 4 saturated heterocycles. The van der Waals surface area contributed by atoms with E-state index in [9.17, 15) is 58.8 Å². The van der Waals surface area contributed by atoms with Crippen molar-refractivity contribution in [3.63, 3.8) is 0 Å².